The molecule has 0 saturated carbocycles. The van der Waals surface area contributed by atoms with Gasteiger partial charge in [0.1, 0.15) is 12.1 Å². The molecule has 21 heavy (non-hydrogen) atoms. The summed E-state index contributed by atoms with van der Waals surface area (Å²) in [5, 5.41) is 8.62. The lowest BCUT2D eigenvalue weighted by molar-refractivity contribution is 0.694. The van der Waals surface area contributed by atoms with Gasteiger partial charge in [0.15, 0.2) is 0 Å². The second-order valence-electron chi connectivity index (χ2n) is 5.53. The number of anilines is 1. The summed E-state index contributed by atoms with van der Waals surface area (Å²) in [5.41, 5.74) is 2.21. The van der Waals surface area contributed by atoms with Crippen molar-refractivity contribution in [3.05, 3.63) is 36.0 Å². The third-order valence-corrected chi connectivity index (χ3v) is 4.02. The van der Waals surface area contributed by atoms with Crippen LogP contribution in [0.4, 0.5) is 5.82 Å². The van der Waals surface area contributed by atoms with Crippen molar-refractivity contribution >= 4 is 11.6 Å². The molecule has 1 aliphatic heterocycles. The minimum atomic E-state index is 0.341. The monoisotopic (exact) mass is 283 g/mol. The third-order valence-electron chi connectivity index (χ3n) is 4.02. The largest absolute Gasteiger partial charge is 0.349 e. The molecule has 3 aromatic heterocycles. The molecule has 1 atom stereocenters. The summed E-state index contributed by atoms with van der Waals surface area (Å²) in [6, 6.07) is 2.42. The summed E-state index contributed by atoms with van der Waals surface area (Å²) in [6.45, 7) is 3.01. The van der Waals surface area contributed by atoms with E-state index in [2.05, 4.69) is 37.3 Å². The zero-order valence-corrected chi connectivity index (χ0v) is 12.1. The lowest BCUT2D eigenvalue weighted by Crippen LogP contribution is -2.25. The summed E-state index contributed by atoms with van der Waals surface area (Å²) in [6.07, 6.45) is 7.89. The van der Waals surface area contributed by atoms with Gasteiger partial charge in [0.2, 0.25) is 0 Å². The molecule has 0 N–H and O–H groups in total. The second kappa shape index (κ2) is 4.54. The van der Waals surface area contributed by atoms with E-state index < -0.39 is 0 Å². The molecule has 0 aromatic carbocycles. The Morgan fingerprint density at radius 2 is 2.19 bits per heavy atom. The first kappa shape index (κ1) is 12.3. The van der Waals surface area contributed by atoms with Crippen molar-refractivity contribution < 1.29 is 0 Å². The summed E-state index contributed by atoms with van der Waals surface area (Å²) < 4.78 is 3.68. The lowest BCUT2D eigenvalue weighted by atomic mass is 10.1. The van der Waals surface area contributed by atoms with Gasteiger partial charge in [-0.1, -0.05) is 0 Å². The highest BCUT2D eigenvalue weighted by Gasteiger charge is 2.29. The van der Waals surface area contributed by atoms with E-state index in [9.17, 15) is 0 Å². The Kier molecular flexibility index (Phi) is 2.66. The van der Waals surface area contributed by atoms with Gasteiger partial charge < -0.3 is 4.90 Å². The summed E-state index contributed by atoms with van der Waals surface area (Å²) in [5.74, 6) is 1.71. The molecule has 3 aromatic rings. The standard InChI is InChI=1S/C14H17N7/c1-10-6-13(21-14(18-10)15-9-17-21)20-5-3-4-12(20)11-7-16-19(2)8-11/h6-9,12H,3-5H2,1-2H3/t12-/m0/s1. The topological polar surface area (TPSA) is 64.1 Å². The molecule has 0 spiro atoms. The van der Waals surface area contributed by atoms with Crippen LogP contribution < -0.4 is 4.90 Å². The van der Waals surface area contributed by atoms with E-state index in [4.69, 9.17) is 0 Å². The predicted octanol–water partition coefficient (Wildman–Crippen LogP) is 1.51. The zero-order chi connectivity index (χ0) is 14.4. The molecule has 1 saturated heterocycles. The van der Waals surface area contributed by atoms with Crippen LogP contribution >= 0.6 is 0 Å². The van der Waals surface area contributed by atoms with Crippen molar-refractivity contribution in [2.75, 3.05) is 11.4 Å². The Balaban J connectivity index is 1.81. The highest BCUT2D eigenvalue weighted by molar-refractivity contribution is 5.50. The van der Waals surface area contributed by atoms with E-state index in [1.165, 1.54) is 5.56 Å². The van der Waals surface area contributed by atoms with Crippen molar-refractivity contribution in [2.24, 2.45) is 7.05 Å². The van der Waals surface area contributed by atoms with Gasteiger partial charge >= 0.3 is 0 Å². The molecule has 0 radical (unpaired) electrons. The molecule has 0 aliphatic carbocycles. The Labute approximate surface area is 122 Å². The van der Waals surface area contributed by atoms with E-state index in [1.54, 1.807) is 6.33 Å². The van der Waals surface area contributed by atoms with Crippen LogP contribution in [0, 0.1) is 6.92 Å². The van der Waals surface area contributed by atoms with Gasteiger partial charge in [-0.2, -0.15) is 19.7 Å². The number of fused-ring (bicyclic) bond motifs is 1. The first-order valence-electron chi connectivity index (χ1n) is 7.15. The van der Waals surface area contributed by atoms with Gasteiger partial charge in [0, 0.05) is 37.1 Å². The fourth-order valence-electron chi connectivity index (χ4n) is 3.12. The number of nitrogens with zero attached hydrogens (tertiary/aromatic N) is 7. The van der Waals surface area contributed by atoms with Crippen molar-refractivity contribution in [3.63, 3.8) is 0 Å². The van der Waals surface area contributed by atoms with E-state index >= 15 is 0 Å². The van der Waals surface area contributed by atoms with E-state index in [0.29, 0.717) is 11.8 Å². The smallest absolute Gasteiger partial charge is 0.254 e. The van der Waals surface area contributed by atoms with Crippen LogP contribution in [-0.2, 0) is 7.05 Å². The maximum Gasteiger partial charge on any atom is 0.254 e. The fourth-order valence-corrected chi connectivity index (χ4v) is 3.12. The normalized spacial score (nSPS) is 18.8. The average Bonchev–Trinajstić information content (AvgIpc) is 3.15. The van der Waals surface area contributed by atoms with Gasteiger partial charge in [0.05, 0.1) is 12.2 Å². The van der Waals surface area contributed by atoms with Crippen molar-refractivity contribution in [3.8, 4) is 0 Å². The van der Waals surface area contributed by atoms with Gasteiger partial charge in [-0.15, -0.1) is 0 Å². The molecule has 1 aliphatic rings. The second-order valence-corrected chi connectivity index (χ2v) is 5.53. The van der Waals surface area contributed by atoms with Crippen LogP contribution in [0.5, 0.6) is 0 Å². The Hall–Kier alpha value is -2.44. The quantitative estimate of drug-likeness (QED) is 0.713. The highest BCUT2D eigenvalue weighted by Crippen LogP contribution is 2.35. The maximum absolute atomic E-state index is 4.42. The average molecular weight is 283 g/mol. The van der Waals surface area contributed by atoms with E-state index in [0.717, 1.165) is 30.9 Å². The molecule has 4 rings (SSSR count). The van der Waals surface area contributed by atoms with Gasteiger partial charge in [-0.05, 0) is 19.8 Å². The van der Waals surface area contributed by atoms with Crippen molar-refractivity contribution in [1.29, 1.82) is 0 Å². The molecule has 0 bridgehead atoms. The Morgan fingerprint density at radius 1 is 1.29 bits per heavy atom. The van der Waals surface area contributed by atoms with Crippen molar-refractivity contribution in [2.45, 2.75) is 25.8 Å². The molecule has 0 unspecified atom stereocenters. The van der Waals surface area contributed by atoms with Crippen LogP contribution in [0.15, 0.2) is 24.8 Å². The number of hydrogen-bond acceptors (Lipinski definition) is 5. The highest BCUT2D eigenvalue weighted by atomic mass is 15.4. The van der Waals surface area contributed by atoms with Crippen LogP contribution in [0.25, 0.3) is 5.78 Å². The molecular weight excluding hydrogens is 266 g/mol. The van der Waals surface area contributed by atoms with E-state index in [-0.39, 0.29) is 0 Å². The first-order valence-corrected chi connectivity index (χ1v) is 7.15. The third kappa shape index (κ3) is 1.96. The summed E-state index contributed by atoms with van der Waals surface area (Å²) >= 11 is 0. The molecule has 1 fully saturated rings. The Bertz CT molecular complexity index is 788. The van der Waals surface area contributed by atoms with Crippen LogP contribution in [0.1, 0.15) is 30.1 Å². The van der Waals surface area contributed by atoms with Crippen LogP contribution in [-0.4, -0.2) is 35.9 Å². The van der Waals surface area contributed by atoms with Gasteiger partial charge in [-0.3, -0.25) is 4.68 Å². The molecule has 108 valence electrons. The number of hydrogen-bond donors (Lipinski definition) is 0. The first-order chi connectivity index (χ1) is 10.2. The summed E-state index contributed by atoms with van der Waals surface area (Å²) in [4.78, 5) is 11.0. The Morgan fingerprint density at radius 3 is 3.00 bits per heavy atom. The molecule has 4 heterocycles. The van der Waals surface area contributed by atoms with Gasteiger partial charge in [-0.25, -0.2) is 4.98 Å². The number of aromatic nitrogens is 6. The lowest BCUT2D eigenvalue weighted by Gasteiger charge is -2.26. The SMILES string of the molecule is Cc1cc(N2CCC[C@H]2c2cnn(C)c2)n2ncnc2n1. The van der Waals surface area contributed by atoms with Crippen LogP contribution in [0.2, 0.25) is 0 Å². The van der Waals surface area contributed by atoms with Crippen LogP contribution in [0.3, 0.4) is 0 Å². The molecule has 7 nitrogen and oxygen atoms in total. The summed E-state index contributed by atoms with van der Waals surface area (Å²) in [7, 11) is 1.95. The molecule has 7 heteroatoms. The van der Waals surface area contributed by atoms with Gasteiger partial charge in [0.25, 0.3) is 5.78 Å². The van der Waals surface area contributed by atoms with Crippen molar-refractivity contribution in [1.82, 2.24) is 29.4 Å². The number of aryl methyl sites for hydroxylation is 2. The van der Waals surface area contributed by atoms with E-state index in [1.807, 2.05) is 29.4 Å². The molecule has 0 amide bonds. The maximum atomic E-state index is 4.42. The fraction of sp³-hybridized carbons (Fsp3) is 0.429. The zero-order valence-electron chi connectivity index (χ0n) is 12.1. The minimum absolute atomic E-state index is 0.341. The number of rotatable bonds is 2. The predicted molar refractivity (Wildman–Crippen MR) is 78.0 cm³/mol. The minimum Gasteiger partial charge on any atom is -0.349 e. The molecular formula is C14H17N7.